The average Bonchev–Trinajstić information content (AvgIpc) is 2.21. The van der Waals surface area contributed by atoms with E-state index in [4.69, 9.17) is 5.73 Å². The van der Waals surface area contributed by atoms with Crippen molar-refractivity contribution in [3.63, 3.8) is 0 Å². The summed E-state index contributed by atoms with van der Waals surface area (Å²) in [4.78, 5) is 0. The third kappa shape index (κ3) is 5.73. The van der Waals surface area contributed by atoms with E-state index in [-0.39, 0.29) is 5.54 Å². The van der Waals surface area contributed by atoms with Crippen molar-refractivity contribution in [1.82, 2.24) is 0 Å². The van der Waals surface area contributed by atoms with Crippen molar-refractivity contribution in [3.05, 3.63) is 30.1 Å². The number of hydrogen-bond donors (Lipinski definition) is 1. The molecular formula is C13H24BN. The summed E-state index contributed by atoms with van der Waals surface area (Å²) in [6.07, 6.45) is 0. The van der Waals surface area contributed by atoms with Crippen molar-refractivity contribution in [2.24, 2.45) is 17.6 Å². The van der Waals surface area contributed by atoms with Gasteiger partial charge in [0.1, 0.15) is 0 Å². The van der Waals surface area contributed by atoms with Crippen LogP contribution in [0.1, 0.15) is 34.6 Å². The zero-order valence-corrected chi connectivity index (χ0v) is 10.7. The molecule has 0 aliphatic heterocycles. The van der Waals surface area contributed by atoms with Crippen LogP contribution in [0.3, 0.4) is 0 Å². The Balaban J connectivity index is 0.000000280. The second-order valence-corrected chi connectivity index (χ2v) is 4.83. The van der Waals surface area contributed by atoms with E-state index < -0.39 is 0 Å². The first-order valence-electron chi connectivity index (χ1n) is 5.68. The van der Waals surface area contributed by atoms with Crippen molar-refractivity contribution in [3.8, 4) is 0 Å². The summed E-state index contributed by atoms with van der Waals surface area (Å²) in [5.74, 6) is 5.13. The van der Waals surface area contributed by atoms with Gasteiger partial charge in [-0.25, -0.2) is 0 Å². The van der Waals surface area contributed by atoms with Gasteiger partial charge in [0.25, 0.3) is 0 Å². The molecule has 84 valence electrons. The Hall–Kier alpha value is -0.625. The standard InChI is InChI=1S/C8H19N.C5H5B/c1-6(2)8(5,9)7(3)4;1-2-4-6-5-3-1/h6-7H,9H2,1-5H3;1-5H. The Bertz CT molecular complexity index is 205. The van der Waals surface area contributed by atoms with Gasteiger partial charge in [0.15, 0.2) is 0 Å². The van der Waals surface area contributed by atoms with Crippen molar-refractivity contribution < 1.29 is 0 Å². The second kappa shape index (κ2) is 6.78. The van der Waals surface area contributed by atoms with Gasteiger partial charge in [0.2, 0.25) is 0 Å². The van der Waals surface area contributed by atoms with Gasteiger partial charge in [0.05, 0.1) is 0 Å². The Morgan fingerprint density at radius 3 is 1.40 bits per heavy atom. The van der Waals surface area contributed by atoms with Crippen LogP contribution in [-0.4, -0.2) is 12.4 Å². The summed E-state index contributed by atoms with van der Waals surface area (Å²) in [5.41, 5.74) is 6.00. The van der Waals surface area contributed by atoms with E-state index in [1.807, 2.05) is 37.0 Å². The summed E-state index contributed by atoms with van der Waals surface area (Å²) < 4.78 is 0. The van der Waals surface area contributed by atoms with E-state index in [0.29, 0.717) is 11.8 Å². The molecule has 0 radical (unpaired) electrons. The van der Waals surface area contributed by atoms with Crippen LogP contribution in [0.15, 0.2) is 30.1 Å². The van der Waals surface area contributed by atoms with Gasteiger partial charge in [-0.15, -0.1) is 0 Å². The van der Waals surface area contributed by atoms with E-state index in [0.717, 1.165) is 0 Å². The molecule has 0 amide bonds. The van der Waals surface area contributed by atoms with Crippen molar-refractivity contribution in [1.29, 1.82) is 0 Å². The summed E-state index contributed by atoms with van der Waals surface area (Å²) in [5, 5.41) is 0. The third-order valence-corrected chi connectivity index (χ3v) is 3.15. The van der Waals surface area contributed by atoms with Gasteiger partial charge in [-0.3, -0.25) is 0 Å². The van der Waals surface area contributed by atoms with Gasteiger partial charge < -0.3 is 5.73 Å². The van der Waals surface area contributed by atoms with Crippen LogP contribution in [0.5, 0.6) is 0 Å². The van der Waals surface area contributed by atoms with Crippen molar-refractivity contribution >= 4 is 6.91 Å². The van der Waals surface area contributed by atoms with Crippen LogP contribution in [0.25, 0.3) is 0 Å². The van der Waals surface area contributed by atoms with Gasteiger partial charge in [-0.2, -0.15) is 0 Å². The maximum absolute atomic E-state index is 6.00. The molecule has 1 aromatic heterocycles. The van der Waals surface area contributed by atoms with Gasteiger partial charge in [0, 0.05) is 5.54 Å². The molecule has 1 heterocycles. The monoisotopic (exact) mass is 205 g/mol. The van der Waals surface area contributed by atoms with E-state index in [1.165, 1.54) is 0 Å². The number of nitrogens with two attached hydrogens (primary N) is 1. The number of rotatable bonds is 2. The molecule has 0 bridgehead atoms. The predicted octanol–water partition coefficient (Wildman–Crippen LogP) is 3.04. The quantitative estimate of drug-likeness (QED) is 0.788. The fourth-order valence-electron chi connectivity index (χ4n) is 1.05. The minimum absolute atomic E-state index is 0.000000000000000222. The topological polar surface area (TPSA) is 26.0 Å². The Kier molecular flexibility index (Phi) is 6.50. The molecule has 0 aromatic carbocycles. The zero-order valence-electron chi connectivity index (χ0n) is 10.7. The molecule has 0 unspecified atom stereocenters. The first-order chi connectivity index (χ1) is 6.89. The Morgan fingerprint density at radius 1 is 0.933 bits per heavy atom. The van der Waals surface area contributed by atoms with Crippen LogP contribution in [-0.2, 0) is 0 Å². The van der Waals surface area contributed by atoms with Crippen LogP contribution in [0.2, 0.25) is 0 Å². The second-order valence-electron chi connectivity index (χ2n) is 4.83. The molecule has 0 atom stereocenters. The van der Waals surface area contributed by atoms with Crippen molar-refractivity contribution in [2.45, 2.75) is 40.2 Å². The molecule has 1 aromatic rings. The Morgan fingerprint density at radius 2 is 1.33 bits per heavy atom. The average molecular weight is 205 g/mol. The molecule has 0 spiro atoms. The van der Waals surface area contributed by atoms with Crippen molar-refractivity contribution in [2.75, 3.05) is 0 Å². The van der Waals surface area contributed by atoms with E-state index in [1.54, 1.807) is 0 Å². The molecular weight excluding hydrogens is 181 g/mol. The zero-order chi connectivity index (χ0) is 11.9. The molecule has 15 heavy (non-hydrogen) atoms. The first kappa shape index (κ1) is 14.4. The summed E-state index contributed by atoms with van der Waals surface area (Å²) in [6, 6.07) is 6.00. The number of hydrogen-bond acceptors (Lipinski definition) is 1. The van der Waals surface area contributed by atoms with Crippen LogP contribution >= 0.6 is 0 Å². The van der Waals surface area contributed by atoms with Crippen LogP contribution in [0, 0.1) is 11.8 Å². The molecule has 0 saturated heterocycles. The Labute approximate surface area is 95.3 Å². The molecule has 0 fully saturated rings. The normalized spacial score (nSPS) is 10.9. The summed E-state index contributed by atoms with van der Waals surface area (Å²) >= 11 is 0. The maximum atomic E-state index is 6.00. The molecule has 0 saturated carbocycles. The third-order valence-electron chi connectivity index (χ3n) is 3.15. The van der Waals surface area contributed by atoms with Gasteiger partial charge >= 0.3 is 37.0 Å². The van der Waals surface area contributed by atoms with Gasteiger partial charge in [-0.05, 0) is 18.8 Å². The van der Waals surface area contributed by atoms with E-state index in [2.05, 4.69) is 34.6 Å². The molecule has 2 N–H and O–H groups in total. The molecule has 1 rings (SSSR count). The van der Waals surface area contributed by atoms with Crippen LogP contribution < -0.4 is 5.73 Å². The fourth-order valence-corrected chi connectivity index (χ4v) is 1.05. The van der Waals surface area contributed by atoms with Crippen LogP contribution in [0.4, 0.5) is 0 Å². The molecule has 2 heteroatoms. The van der Waals surface area contributed by atoms with E-state index in [9.17, 15) is 0 Å². The minimum atomic E-state index is 0.000000000000000222. The first-order valence-corrected chi connectivity index (χ1v) is 5.68. The summed E-state index contributed by atoms with van der Waals surface area (Å²) in [6.45, 7) is 12.8. The summed E-state index contributed by atoms with van der Waals surface area (Å²) in [7, 11) is 0. The van der Waals surface area contributed by atoms with E-state index >= 15 is 0 Å². The molecule has 1 nitrogen and oxygen atoms in total. The fraction of sp³-hybridized carbons (Fsp3) is 0.615. The SMILES string of the molecule is CC(C)C(C)(N)C(C)C.b1ccccc1. The molecule has 0 aliphatic rings. The predicted molar refractivity (Wildman–Crippen MR) is 70.1 cm³/mol. The van der Waals surface area contributed by atoms with Gasteiger partial charge in [-0.1, -0.05) is 27.7 Å². The molecule has 0 aliphatic carbocycles.